The number of phenolic OH excluding ortho intramolecular Hbond substituents is 1. The van der Waals surface area contributed by atoms with Crippen molar-refractivity contribution < 1.29 is 9.90 Å². The maximum absolute atomic E-state index is 12.8. The molecule has 0 saturated carbocycles. The maximum atomic E-state index is 12.8. The zero-order chi connectivity index (χ0) is 21.9. The molecule has 0 unspecified atom stereocenters. The Labute approximate surface area is 191 Å². The summed E-state index contributed by atoms with van der Waals surface area (Å²) in [4.78, 5) is 13.9. The minimum absolute atomic E-state index is 0.122. The van der Waals surface area contributed by atoms with Gasteiger partial charge in [0.15, 0.2) is 5.01 Å². The lowest BCUT2D eigenvalue weighted by Crippen LogP contribution is -2.14. The minimum atomic E-state index is -0.146. The van der Waals surface area contributed by atoms with Gasteiger partial charge in [0.05, 0.1) is 16.8 Å². The number of thiophene rings is 1. The van der Waals surface area contributed by atoms with Crippen LogP contribution in [0.2, 0.25) is 0 Å². The summed E-state index contributed by atoms with van der Waals surface area (Å²) in [5.74, 6) is -0.0248. The Bertz CT molecular complexity index is 1500. The van der Waals surface area contributed by atoms with Crippen LogP contribution in [0, 0.1) is 0 Å². The van der Waals surface area contributed by atoms with Crippen LogP contribution >= 0.6 is 22.7 Å². The van der Waals surface area contributed by atoms with Gasteiger partial charge in [-0.15, -0.1) is 16.4 Å². The molecule has 0 radical (unpaired) electrons. The number of ketones is 1. The molecule has 0 fully saturated rings. The first-order valence-corrected chi connectivity index (χ1v) is 11.4. The molecule has 0 aliphatic carbocycles. The first-order chi connectivity index (χ1) is 15.7. The molecule has 6 nitrogen and oxygen atoms in total. The molecule has 8 heteroatoms. The van der Waals surface area contributed by atoms with Crippen LogP contribution in [0.5, 0.6) is 5.75 Å². The summed E-state index contributed by atoms with van der Waals surface area (Å²) in [5.41, 5.74) is 1.36. The molecular formula is C24H16N4O2S2. The number of hydrogen-bond acceptors (Lipinski definition) is 7. The summed E-state index contributed by atoms with van der Waals surface area (Å²) >= 11 is 2.54. The number of fused-ring (bicyclic) bond motifs is 1. The average Bonchev–Trinajstić information content (AvgIpc) is 3.51. The number of aromatic hydroxyl groups is 1. The first-order valence-electron chi connectivity index (χ1n) is 9.72. The van der Waals surface area contributed by atoms with E-state index in [0.717, 1.165) is 16.5 Å². The molecule has 0 aliphatic rings. The quantitative estimate of drug-likeness (QED) is 0.229. The van der Waals surface area contributed by atoms with Gasteiger partial charge >= 0.3 is 0 Å². The van der Waals surface area contributed by atoms with Gasteiger partial charge in [0.2, 0.25) is 10.6 Å². The molecule has 5 rings (SSSR count). The van der Waals surface area contributed by atoms with Gasteiger partial charge in [-0.05, 0) is 40.4 Å². The van der Waals surface area contributed by atoms with E-state index in [2.05, 4.69) is 15.3 Å². The Balaban J connectivity index is 1.60. The van der Waals surface area contributed by atoms with E-state index in [-0.39, 0.29) is 11.5 Å². The molecule has 0 bridgehead atoms. The average molecular weight is 457 g/mol. The third-order valence-corrected chi connectivity index (χ3v) is 6.54. The third kappa shape index (κ3) is 3.89. The molecule has 2 aromatic heterocycles. The van der Waals surface area contributed by atoms with E-state index in [0.29, 0.717) is 20.2 Å². The van der Waals surface area contributed by atoms with E-state index in [1.165, 1.54) is 28.9 Å². The molecule has 0 aliphatic heterocycles. The zero-order valence-electron chi connectivity index (χ0n) is 16.6. The van der Waals surface area contributed by atoms with Gasteiger partial charge in [-0.25, -0.2) is 4.68 Å². The Kier molecular flexibility index (Phi) is 5.45. The number of phenols is 1. The maximum Gasteiger partial charge on any atom is 0.233 e. The molecule has 3 aromatic carbocycles. The molecule has 32 heavy (non-hydrogen) atoms. The fourth-order valence-electron chi connectivity index (χ4n) is 3.24. The predicted octanol–water partition coefficient (Wildman–Crippen LogP) is 5.02. The van der Waals surface area contributed by atoms with E-state index in [9.17, 15) is 9.90 Å². The van der Waals surface area contributed by atoms with Gasteiger partial charge in [0, 0.05) is 5.56 Å². The number of carbonyl (C=O) groups excluding carboxylic acids is 1. The first kappa shape index (κ1) is 20.0. The summed E-state index contributed by atoms with van der Waals surface area (Å²) < 4.78 is 1.60. The second-order valence-electron chi connectivity index (χ2n) is 6.81. The van der Waals surface area contributed by atoms with Crippen LogP contribution in [0.1, 0.15) is 20.2 Å². The predicted molar refractivity (Wildman–Crippen MR) is 128 cm³/mol. The van der Waals surface area contributed by atoms with Crippen LogP contribution in [-0.4, -0.2) is 26.9 Å². The van der Waals surface area contributed by atoms with Crippen LogP contribution in [-0.2, 0) is 0 Å². The monoisotopic (exact) mass is 456 g/mol. The molecular weight excluding hydrogens is 440 g/mol. The highest BCUT2D eigenvalue weighted by Gasteiger charge is 2.17. The number of hydrogen-bond donors (Lipinski definition) is 1. The molecule has 0 amide bonds. The van der Waals surface area contributed by atoms with Crippen molar-refractivity contribution in [1.82, 2.24) is 9.78 Å². The van der Waals surface area contributed by atoms with Crippen LogP contribution < -0.4 is 4.80 Å². The van der Waals surface area contributed by atoms with E-state index in [1.807, 2.05) is 72.1 Å². The fourth-order valence-corrected chi connectivity index (χ4v) is 4.79. The van der Waals surface area contributed by atoms with Crippen molar-refractivity contribution in [3.05, 3.63) is 104 Å². The van der Waals surface area contributed by atoms with Crippen molar-refractivity contribution in [3.8, 4) is 11.4 Å². The zero-order valence-corrected chi connectivity index (χ0v) is 18.3. The lowest BCUT2D eigenvalue weighted by Gasteiger charge is -2.03. The van der Waals surface area contributed by atoms with Crippen LogP contribution in [0.15, 0.2) is 94.4 Å². The molecule has 0 atom stereocenters. The highest BCUT2D eigenvalue weighted by Crippen LogP contribution is 2.25. The Morgan fingerprint density at radius 3 is 2.59 bits per heavy atom. The molecule has 0 spiro atoms. The van der Waals surface area contributed by atoms with Crippen LogP contribution in [0.25, 0.3) is 16.5 Å². The summed E-state index contributed by atoms with van der Waals surface area (Å²) in [5, 5.41) is 27.5. The van der Waals surface area contributed by atoms with E-state index in [4.69, 9.17) is 0 Å². The largest absolute Gasteiger partial charge is 0.507 e. The van der Waals surface area contributed by atoms with Crippen molar-refractivity contribution in [2.24, 2.45) is 10.2 Å². The number of aromatic nitrogens is 2. The van der Waals surface area contributed by atoms with Gasteiger partial charge < -0.3 is 5.11 Å². The molecule has 2 heterocycles. The number of nitrogens with zero attached hydrogens (tertiary/aromatic N) is 4. The van der Waals surface area contributed by atoms with Crippen molar-refractivity contribution >= 4 is 45.4 Å². The third-order valence-electron chi connectivity index (χ3n) is 4.78. The number of benzene rings is 3. The van der Waals surface area contributed by atoms with Crippen LogP contribution in [0.3, 0.4) is 0 Å². The summed E-state index contributed by atoms with van der Waals surface area (Å²) in [7, 11) is 0. The van der Waals surface area contributed by atoms with Gasteiger partial charge in [0.1, 0.15) is 5.75 Å². The SMILES string of the molecule is O=C(c1cccs1)c1nn(-c2ccccc2)/c(=N/N=C\c2c(O)ccc3ccccc23)s1. The Morgan fingerprint density at radius 1 is 0.969 bits per heavy atom. The number of rotatable bonds is 5. The summed E-state index contributed by atoms with van der Waals surface area (Å²) in [6.45, 7) is 0. The second kappa shape index (κ2) is 8.70. The van der Waals surface area contributed by atoms with Crippen molar-refractivity contribution in [1.29, 1.82) is 0 Å². The number of para-hydroxylation sites is 1. The van der Waals surface area contributed by atoms with Crippen molar-refractivity contribution in [2.45, 2.75) is 0 Å². The van der Waals surface area contributed by atoms with E-state index >= 15 is 0 Å². The normalized spacial score (nSPS) is 12.1. The molecule has 0 saturated heterocycles. The van der Waals surface area contributed by atoms with Gasteiger partial charge in [-0.2, -0.15) is 10.2 Å². The van der Waals surface area contributed by atoms with Crippen molar-refractivity contribution in [3.63, 3.8) is 0 Å². The fraction of sp³-hybridized carbons (Fsp3) is 0. The van der Waals surface area contributed by atoms with Gasteiger partial charge in [-0.3, -0.25) is 4.79 Å². The Morgan fingerprint density at radius 2 is 1.78 bits per heavy atom. The lowest BCUT2D eigenvalue weighted by molar-refractivity contribution is 0.104. The number of carbonyl (C=O) groups is 1. The van der Waals surface area contributed by atoms with Gasteiger partial charge in [-0.1, -0.05) is 65.9 Å². The molecule has 1 N–H and O–H groups in total. The smallest absolute Gasteiger partial charge is 0.233 e. The lowest BCUT2D eigenvalue weighted by atomic mass is 10.0. The highest BCUT2D eigenvalue weighted by atomic mass is 32.1. The standard InChI is InChI=1S/C24H16N4O2S2/c29-20-13-12-16-7-4-5-10-18(16)19(20)15-25-26-24-28(17-8-2-1-3-9-17)27-23(32-24)22(30)21-11-6-14-31-21/h1-15,29H/b25-15-,26-24-. The summed E-state index contributed by atoms with van der Waals surface area (Å²) in [6.07, 6.45) is 1.52. The van der Waals surface area contributed by atoms with Crippen LogP contribution in [0.4, 0.5) is 0 Å². The van der Waals surface area contributed by atoms with Crippen molar-refractivity contribution in [2.75, 3.05) is 0 Å². The molecule has 5 aromatic rings. The minimum Gasteiger partial charge on any atom is -0.507 e. The topological polar surface area (TPSA) is 79.8 Å². The second-order valence-corrected chi connectivity index (χ2v) is 8.71. The molecule has 156 valence electrons. The highest BCUT2D eigenvalue weighted by molar-refractivity contribution is 7.15. The van der Waals surface area contributed by atoms with E-state index < -0.39 is 0 Å². The van der Waals surface area contributed by atoms with E-state index in [1.54, 1.807) is 16.8 Å². The van der Waals surface area contributed by atoms with Gasteiger partial charge in [0.25, 0.3) is 0 Å². The summed E-state index contributed by atoms with van der Waals surface area (Å²) in [6, 6.07) is 24.3. The Hall–Kier alpha value is -3.88.